The largest absolute Gasteiger partial charge is 0.350 e. The van der Waals surface area contributed by atoms with E-state index in [4.69, 9.17) is 0 Å². The lowest BCUT2D eigenvalue weighted by Crippen LogP contribution is -2.49. The number of imide groups is 1. The van der Waals surface area contributed by atoms with E-state index in [-0.39, 0.29) is 19.0 Å². The molecule has 0 radical (unpaired) electrons. The van der Waals surface area contributed by atoms with Gasteiger partial charge in [-0.1, -0.05) is 25.1 Å². The highest BCUT2D eigenvalue weighted by molar-refractivity contribution is 6.09. The second kappa shape index (κ2) is 6.82. The molecule has 3 rings (SSSR count). The van der Waals surface area contributed by atoms with E-state index in [1.807, 2.05) is 0 Å². The number of urea groups is 1. The molecule has 2 aliphatic rings. The summed E-state index contributed by atoms with van der Waals surface area (Å²) >= 11 is 0. The lowest BCUT2D eigenvalue weighted by Gasteiger charge is -2.33. The van der Waals surface area contributed by atoms with Gasteiger partial charge in [0.05, 0.1) is 0 Å². The van der Waals surface area contributed by atoms with Crippen LogP contribution in [0.2, 0.25) is 0 Å². The lowest BCUT2D eigenvalue weighted by molar-refractivity contribution is -0.136. The van der Waals surface area contributed by atoms with E-state index in [9.17, 15) is 18.8 Å². The fourth-order valence-electron chi connectivity index (χ4n) is 3.45. The molecule has 0 unspecified atom stereocenters. The average molecular weight is 347 g/mol. The summed E-state index contributed by atoms with van der Waals surface area (Å²) in [5.74, 6) is -0.695. The monoisotopic (exact) mass is 347 g/mol. The van der Waals surface area contributed by atoms with E-state index in [0.717, 1.165) is 17.7 Å². The van der Waals surface area contributed by atoms with Gasteiger partial charge in [-0.3, -0.25) is 14.5 Å². The third kappa shape index (κ3) is 3.50. The number of hydrogen-bond donors (Lipinski definition) is 2. The number of carbonyl (C=O) groups is 3. The topological polar surface area (TPSA) is 78.5 Å². The van der Waals surface area contributed by atoms with E-state index in [2.05, 4.69) is 17.6 Å². The highest BCUT2D eigenvalue weighted by Gasteiger charge is 2.52. The summed E-state index contributed by atoms with van der Waals surface area (Å²) in [7, 11) is 0. The standard InChI is InChI=1S/C18H22FN3O3/c1-12-6-8-18(9-7-12)16(24)22(17(25)21-18)11-15(23)20-10-13-4-2-3-5-14(13)19/h2-5,12H,6-11H2,1H3,(H,20,23)(H,21,25). The Morgan fingerprint density at radius 3 is 2.68 bits per heavy atom. The first-order chi connectivity index (χ1) is 11.9. The molecule has 2 N–H and O–H groups in total. The van der Waals surface area contributed by atoms with Crippen molar-refractivity contribution in [2.75, 3.05) is 6.54 Å². The van der Waals surface area contributed by atoms with Crippen LogP contribution < -0.4 is 10.6 Å². The fraction of sp³-hybridized carbons (Fsp3) is 0.500. The van der Waals surface area contributed by atoms with Crippen LogP contribution in [0.3, 0.4) is 0 Å². The Bertz CT molecular complexity index is 699. The molecule has 1 aromatic carbocycles. The smallest absolute Gasteiger partial charge is 0.325 e. The zero-order valence-electron chi connectivity index (χ0n) is 14.2. The number of carbonyl (C=O) groups excluding carboxylic acids is 3. The number of rotatable bonds is 4. The molecule has 6 nitrogen and oxygen atoms in total. The molecule has 1 heterocycles. The maximum absolute atomic E-state index is 13.6. The number of halogens is 1. The maximum Gasteiger partial charge on any atom is 0.325 e. The van der Waals surface area contributed by atoms with Gasteiger partial charge < -0.3 is 10.6 Å². The van der Waals surface area contributed by atoms with Gasteiger partial charge in [0.1, 0.15) is 17.9 Å². The Morgan fingerprint density at radius 1 is 1.32 bits per heavy atom. The zero-order chi connectivity index (χ0) is 18.0. The number of amides is 4. The van der Waals surface area contributed by atoms with Gasteiger partial charge in [-0.15, -0.1) is 0 Å². The van der Waals surface area contributed by atoms with E-state index in [0.29, 0.717) is 24.3 Å². The van der Waals surface area contributed by atoms with Crippen molar-refractivity contribution < 1.29 is 18.8 Å². The van der Waals surface area contributed by atoms with Gasteiger partial charge in [0.15, 0.2) is 0 Å². The Kier molecular flexibility index (Phi) is 4.74. The first-order valence-corrected chi connectivity index (χ1v) is 8.55. The number of hydrogen-bond acceptors (Lipinski definition) is 3. The molecule has 134 valence electrons. The van der Waals surface area contributed by atoms with Crippen LogP contribution in [0.15, 0.2) is 24.3 Å². The van der Waals surface area contributed by atoms with Gasteiger partial charge in [-0.2, -0.15) is 0 Å². The summed E-state index contributed by atoms with van der Waals surface area (Å²) in [5, 5.41) is 5.33. The predicted octanol–water partition coefficient (Wildman–Crippen LogP) is 1.94. The van der Waals surface area contributed by atoms with Crippen LogP contribution in [0, 0.1) is 11.7 Å². The molecule has 4 amide bonds. The van der Waals surface area contributed by atoms with Crippen LogP contribution in [0.25, 0.3) is 0 Å². The third-order valence-electron chi connectivity index (χ3n) is 5.11. The third-order valence-corrected chi connectivity index (χ3v) is 5.11. The minimum absolute atomic E-state index is 0.0117. The minimum Gasteiger partial charge on any atom is -0.350 e. The molecular formula is C18H22FN3O3. The number of nitrogens with zero attached hydrogens (tertiary/aromatic N) is 1. The summed E-state index contributed by atoms with van der Waals surface area (Å²) in [6.07, 6.45) is 2.96. The van der Waals surface area contributed by atoms with Gasteiger partial charge in [-0.05, 0) is 37.7 Å². The number of benzene rings is 1. The van der Waals surface area contributed by atoms with Crippen molar-refractivity contribution in [1.29, 1.82) is 0 Å². The SMILES string of the molecule is CC1CCC2(CC1)NC(=O)N(CC(=O)NCc1ccccc1F)C2=O. The lowest BCUT2D eigenvalue weighted by atomic mass is 9.77. The molecule has 1 spiro atoms. The van der Waals surface area contributed by atoms with Gasteiger partial charge in [0, 0.05) is 12.1 Å². The summed E-state index contributed by atoms with van der Waals surface area (Å²) in [5.41, 5.74) is -0.499. The van der Waals surface area contributed by atoms with Crippen molar-refractivity contribution in [1.82, 2.24) is 15.5 Å². The molecular weight excluding hydrogens is 325 g/mol. The molecule has 2 fully saturated rings. The minimum atomic E-state index is -0.852. The van der Waals surface area contributed by atoms with Gasteiger partial charge in [-0.25, -0.2) is 9.18 Å². The van der Waals surface area contributed by atoms with Crippen molar-refractivity contribution in [2.24, 2.45) is 5.92 Å². The van der Waals surface area contributed by atoms with Crippen LogP contribution in [0.4, 0.5) is 9.18 Å². The summed E-state index contributed by atoms with van der Waals surface area (Å²) in [4.78, 5) is 37.9. The zero-order valence-corrected chi connectivity index (χ0v) is 14.2. The second-order valence-corrected chi connectivity index (χ2v) is 6.95. The Labute approximate surface area is 145 Å². The average Bonchev–Trinajstić information content (AvgIpc) is 2.81. The molecule has 1 aliphatic heterocycles. The van der Waals surface area contributed by atoms with E-state index in [1.54, 1.807) is 18.2 Å². The molecule has 0 atom stereocenters. The van der Waals surface area contributed by atoms with Crippen molar-refractivity contribution >= 4 is 17.8 Å². The Balaban J connectivity index is 1.59. The Hall–Kier alpha value is -2.44. The quantitative estimate of drug-likeness (QED) is 0.817. The van der Waals surface area contributed by atoms with E-state index >= 15 is 0 Å². The first kappa shape index (κ1) is 17.4. The van der Waals surface area contributed by atoms with E-state index in [1.165, 1.54) is 6.07 Å². The highest BCUT2D eigenvalue weighted by atomic mass is 19.1. The normalized spacial score (nSPS) is 26.0. The van der Waals surface area contributed by atoms with Gasteiger partial charge >= 0.3 is 6.03 Å². The molecule has 25 heavy (non-hydrogen) atoms. The summed E-state index contributed by atoms with van der Waals surface area (Å²) in [6, 6.07) is 5.60. The van der Waals surface area contributed by atoms with Crippen molar-refractivity contribution in [3.05, 3.63) is 35.6 Å². The Morgan fingerprint density at radius 2 is 2.00 bits per heavy atom. The van der Waals surface area contributed by atoms with Crippen molar-refractivity contribution in [3.63, 3.8) is 0 Å². The first-order valence-electron chi connectivity index (χ1n) is 8.55. The maximum atomic E-state index is 13.6. The molecule has 0 aromatic heterocycles. The molecule has 7 heteroatoms. The summed E-state index contributed by atoms with van der Waals surface area (Å²) in [6.45, 7) is 1.79. The highest BCUT2D eigenvalue weighted by Crippen LogP contribution is 2.36. The van der Waals surface area contributed by atoms with Crippen molar-refractivity contribution in [3.8, 4) is 0 Å². The van der Waals surface area contributed by atoms with Crippen LogP contribution in [0.1, 0.15) is 38.2 Å². The van der Waals surface area contributed by atoms with Crippen LogP contribution in [0.5, 0.6) is 0 Å². The van der Waals surface area contributed by atoms with Crippen LogP contribution in [-0.4, -0.2) is 34.8 Å². The second-order valence-electron chi connectivity index (χ2n) is 6.95. The number of nitrogens with one attached hydrogen (secondary N) is 2. The van der Waals surface area contributed by atoms with Crippen LogP contribution >= 0.6 is 0 Å². The molecule has 0 bridgehead atoms. The molecule has 1 aromatic rings. The fourth-order valence-corrected chi connectivity index (χ4v) is 3.45. The van der Waals surface area contributed by atoms with Crippen LogP contribution in [-0.2, 0) is 16.1 Å². The molecule has 1 saturated heterocycles. The van der Waals surface area contributed by atoms with Gasteiger partial charge in [0.25, 0.3) is 5.91 Å². The molecule has 1 aliphatic carbocycles. The predicted molar refractivity (Wildman–Crippen MR) is 88.9 cm³/mol. The van der Waals surface area contributed by atoms with E-state index < -0.39 is 23.3 Å². The molecule has 1 saturated carbocycles. The van der Waals surface area contributed by atoms with Crippen molar-refractivity contribution in [2.45, 2.75) is 44.7 Å². The summed E-state index contributed by atoms with van der Waals surface area (Å²) < 4.78 is 13.6. The van der Waals surface area contributed by atoms with Gasteiger partial charge in [0.2, 0.25) is 5.91 Å².